The molecule has 0 fully saturated rings. The van der Waals surface area contributed by atoms with Crippen LogP contribution < -0.4 is 0 Å². The number of alkyl halides is 3. The Hall–Kier alpha value is -1.52. The molecule has 0 bridgehead atoms. The quantitative estimate of drug-likeness (QED) is 0.677. The van der Waals surface area contributed by atoms with Crippen LogP contribution in [-0.2, 0) is 6.18 Å². The molecule has 1 nitrogen and oxygen atoms in total. The third-order valence-electron chi connectivity index (χ3n) is 2.69. The second-order valence-electron chi connectivity index (χ2n) is 4.05. The van der Waals surface area contributed by atoms with Gasteiger partial charge in [0, 0.05) is 16.1 Å². The maximum atomic E-state index is 12.7. The summed E-state index contributed by atoms with van der Waals surface area (Å²) in [5, 5.41) is -0.458. The largest absolute Gasteiger partial charge is 0.416 e. The molecular formula is C14H7Cl2F3O. The van der Waals surface area contributed by atoms with Gasteiger partial charge in [0.25, 0.3) is 5.24 Å². The zero-order valence-electron chi connectivity index (χ0n) is 9.84. The molecule has 6 heteroatoms. The van der Waals surface area contributed by atoms with Crippen molar-refractivity contribution >= 4 is 28.4 Å². The van der Waals surface area contributed by atoms with Crippen molar-refractivity contribution < 1.29 is 18.0 Å². The van der Waals surface area contributed by atoms with E-state index in [4.69, 9.17) is 23.2 Å². The van der Waals surface area contributed by atoms with Gasteiger partial charge in [0.05, 0.1) is 5.56 Å². The smallest absolute Gasteiger partial charge is 0.276 e. The lowest BCUT2D eigenvalue weighted by molar-refractivity contribution is -0.137. The molecule has 0 aliphatic heterocycles. The molecule has 0 unspecified atom stereocenters. The molecule has 0 atom stereocenters. The number of hydrogen-bond acceptors (Lipinski definition) is 1. The van der Waals surface area contributed by atoms with Gasteiger partial charge in [-0.05, 0) is 47.5 Å². The third kappa shape index (κ3) is 3.14. The summed E-state index contributed by atoms with van der Waals surface area (Å²) in [4.78, 5) is 11.1. The van der Waals surface area contributed by atoms with Crippen LogP contribution in [0.1, 0.15) is 15.9 Å². The lowest BCUT2D eigenvalue weighted by Gasteiger charge is -2.10. The number of halogens is 5. The molecule has 0 heterocycles. The van der Waals surface area contributed by atoms with Gasteiger partial charge in [-0.3, -0.25) is 4.79 Å². The van der Waals surface area contributed by atoms with E-state index in [-0.39, 0.29) is 16.1 Å². The van der Waals surface area contributed by atoms with Crippen molar-refractivity contribution in [2.24, 2.45) is 0 Å². The van der Waals surface area contributed by atoms with Crippen molar-refractivity contribution in [3.05, 3.63) is 58.6 Å². The first-order valence-electron chi connectivity index (χ1n) is 5.46. The van der Waals surface area contributed by atoms with E-state index in [0.29, 0.717) is 5.56 Å². The van der Waals surface area contributed by atoms with Crippen LogP contribution in [0.15, 0.2) is 42.5 Å². The molecule has 2 rings (SSSR count). The van der Waals surface area contributed by atoms with Gasteiger partial charge in [-0.25, -0.2) is 0 Å². The summed E-state index contributed by atoms with van der Waals surface area (Å²) in [6.07, 6.45) is -4.44. The molecule has 0 amide bonds. The van der Waals surface area contributed by atoms with Crippen LogP contribution >= 0.6 is 23.2 Å². The molecule has 0 spiro atoms. The van der Waals surface area contributed by atoms with E-state index in [9.17, 15) is 18.0 Å². The van der Waals surface area contributed by atoms with E-state index in [0.717, 1.165) is 12.1 Å². The summed E-state index contributed by atoms with van der Waals surface area (Å²) in [6.45, 7) is 0. The van der Waals surface area contributed by atoms with Gasteiger partial charge in [0.15, 0.2) is 0 Å². The Morgan fingerprint density at radius 2 is 1.75 bits per heavy atom. The highest BCUT2D eigenvalue weighted by molar-refractivity contribution is 6.67. The van der Waals surface area contributed by atoms with Crippen molar-refractivity contribution in [3.8, 4) is 11.1 Å². The molecule has 0 aromatic heterocycles. The zero-order valence-corrected chi connectivity index (χ0v) is 11.4. The third-order valence-corrected chi connectivity index (χ3v) is 3.24. The van der Waals surface area contributed by atoms with Crippen molar-refractivity contribution in [1.29, 1.82) is 0 Å². The van der Waals surface area contributed by atoms with Crippen molar-refractivity contribution in [3.63, 3.8) is 0 Å². The van der Waals surface area contributed by atoms with Gasteiger partial charge in [0.1, 0.15) is 0 Å². The van der Waals surface area contributed by atoms with Crippen LogP contribution in [0.2, 0.25) is 5.02 Å². The average Bonchev–Trinajstić information content (AvgIpc) is 2.38. The Morgan fingerprint density at radius 1 is 1.05 bits per heavy atom. The minimum atomic E-state index is -4.44. The monoisotopic (exact) mass is 318 g/mol. The van der Waals surface area contributed by atoms with Crippen molar-refractivity contribution in [1.82, 2.24) is 0 Å². The fourth-order valence-electron chi connectivity index (χ4n) is 1.73. The molecule has 0 N–H and O–H groups in total. The molecular weight excluding hydrogens is 312 g/mol. The molecule has 0 saturated heterocycles. The fourth-order valence-corrected chi connectivity index (χ4v) is 2.08. The predicted molar refractivity (Wildman–Crippen MR) is 72.1 cm³/mol. The van der Waals surface area contributed by atoms with Crippen LogP contribution in [0.25, 0.3) is 11.1 Å². The summed E-state index contributed by atoms with van der Waals surface area (Å²) in [5.41, 5.74) is -0.0222. The minimum absolute atomic E-state index is 0.170. The van der Waals surface area contributed by atoms with Crippen molar-refractivity contribution in [2.75, 3.05) is 0 Å². The molecule has 2 aromatic rings. The van der Waals surface area contributed by atoms with Gasteiger partial charge in [0.2, 0.25) is 0 Å². The molecule has 0 radical (unpaired) electrons. The lowest BCUT2D eigenvalue weighted by Crippen LogP contribution is -2.04. The number of rotatable bonds is 2. The first-order valence-corrected chi connectivity index (χ1v) is 6.21. The highest BCUT2D eigenvalue weighted by Crippen LogP contribution is 2.34. The second-order valence-corrected chi connectivity index (χ2v) is 4.80. The summed E-state index contributed by atoms with van der Waals surface area (Å²) < 4.78 is 38.1. The minimum Gasteiger partial charge on any atom is -0.276 e. The zero-order chi connectivity index (χ0) is 14.9. The van der Waals surface area contributed by atoms with E-state index in [1.54, 1.807) is 0 Å². The van der Waals surface area contributed by atoms with Gasteiger partial charge < -0.3 is 0 Å². The second kappa shape index (κ2) is 5.46. The van der Waals surface area contributed by atoms with Crippen LogP contribution in [0.5, 0.6) is 0 Å². The predicted octanol–water partition coefficient (Wildman–Crippen LogP) is 5.40. The Bertz CT molecular complexity index is 666. The van der Waals surface area contributed by atoms with E-state index < -0.39 is 17.0 Å². The molecule has 0 saturated carbocycles. The molecule has 104 valence electrons. The van der Waals surface area contributed by atoms with Crippen LogP contribution in [0, 0.1) is 0 Å². The molecule has 0 aliphatic rings. The Kier molecular flexibility index (Phi) is 4.06. The average molecular weight is 319 g/mol. The maximum Gasteiger partial charge on any atom is 0.416 e. The van der Waals surface area contributed by atoms with E-state index in [1.807, 2.05) is 0 Å². The highest BCUT2D eigenvalue weighted by atomic mass is 35.5. The maximum absolute atomic E-state index is 12.7. The van der Waals surface area contributed by atoms with Crippen LogP contribution in [0.4, 0.5) is 13.2 Å². The standard InChI is InChI=1S/C14H7Cl2F3O/c15-12-5-4-9(13(16)20)7-11(12)8-2-1-3-10(6-8)14(17,18)19/h1-7H. The van der Waals surface area contributed by atoms with E-state index >= 15 is 0 Å². The van der Waals surface area contributed by atoms with E-state index in [1.165, 1.54) is 30.3 Å². The number of benzene rings is 2. The number of carbonyl (C=O) groups excluding carboxylic acids is 1. The summed E-state index contributed by atoms with van der Waals surface area (Å²) in [7, 11) is 0. The first kappa shape index (κ1) is 14.9. The highest BCUT2D eigenvalue weighted by Gasteiger charge is 2.30. The lowest BCUT2D eigenvalue weighted by atomic mass is 10.0. The SMILES string of the molecule is O=C(Cl)c1ccc(Cl)c(-c2cccc(C(F)(F)F)c2)c1. The van der Waals surface area contributed by atoms with Gasteiger partial charge in [-0.2, -0.15) is 13.2 Å². The molecule has 0 aliphatic carbocycles. The van der Waals surface area contributed by atoms with Crippen LogP contribution in [-0.4, -0.2) is 5.24 Å². The van der Waals surface area contributed by atoms with Gasteiger partial charge >= 0.3 is 6.18 Å². The van der Waals surface area contributed by atoms with Gasteiger partial charge in [-0.1, -0.05) is 23.7 Å². The Balaban J connectivity index is 2.57. The van der Waals surface area contributed by atoms with Crippen LogP contribution in [0.3, 0.4) is 0 Å². The summed E-state index contributed by atoms with van der Waals surface area (Å²) >= 11 is 11.3. The van der Waals surface area contributed by atoms with Crippen molar-refractivity contribution in [2.45, 2.75) is 6.18 Å². The number of carbonyl (C=O) groups is 1. The molecule has 20 heavy (non-hydrogen) atoms. The normalized spacial score (nSPS) is 11.4. The first-order chi connectivity index (χ1) is 9.29. The number of hydrogen-bond donors (Lipinski definition) is 0. The fraction of sp³-hybridized carbons (Fsp3) is 0.0714. The molecule has 2 aromatic carbocycles. The topological polar surface area (TPSA) is 17.1 Å². The summed E-state index contributed by atoms with van der Waals surface area (Å²) in [5.74, 6) is 0. The Labute approximate surface area is 122 Å². The van der Waals surface area contributed by atoms with E-state index in [2.05, 4.69) is 0 Å². The summed E-state index contributed by atoms with van der Waals surface area (Å²) in [6, 6.07) is 8.91. The Morgan fingerprint density at radius 3 is 2.35 bits per heavy atom. The van der Waals surface area contributed by atoms with Gasteiger partial charge in [-0.15, -0.1) is 0 Å².